The lowest BCUT2D eigenvalue weighted by Gasteiger charge is -2.28. The summed E-state index contributed by atoms with van der Waals surface area (Å²) in [5, 5.41) is 2.60. The lowest BCUT2D eigenvalue weighted by molar-refractivity contribution is -0.142. The number of rotatable bonds is 8. The Morgan fingerprint density at radius 3 is 2.37 bits per heavy atom. The molecule has 0 aliphatic rings. The first-order chi connectivity index (χ1) is 12.9. The van der Waals surface area contributed by atoms with E-state index < -0.39 is 6.04 Å². The van der Waals surface area contributed by atoms with Gasteiger partial charge in [0.15, 0.2) is 6.61 Å². The van der Waals surface area contributed by atoms with Gasteiger partial charge in [0, 0.05) is 13.6 Å². The summed E-state index contributed by atoms with van der Waals surface area (Å²) in [6.07, 6.45) is 0. The van der Waals surface area contributed by atoms with Crippen LogP contribution >= 0.6 is 0 Å². The maximum absolute atomic E-state index is 12.8. The van der Waals surface area contributed by atoms with Gasteiger partial charge in [-0.3, -0.25) is 9.59 Å². The summed E-state index contributed by atoms with van der Waals surface area (Å²) in [7, 11) is 3.14. The molecule has 144 valence electrons. The zero-order chi connectivity index (χ0) is 19.8. The van der Waals surface area contributed by atoms with Gasteiger partial charge in [-0.05, 0) is 43.7 Å². The molecule has 2 aromatic rings. The summed E-state index contributed by atoms with van der Waals surface area (Å²) in [4.78, 5) is 26.4. The average Bonchev–Trinajstić information content (AvgIpc) is 2.69. The van der Waals surface area contributed by atoms with Crippen molar-refractivity contribution in [3.05, 3.63) is 59.7 Å². The van der Waals surface area contributed by atoms with Crippen molar-refractivity contribution in [2.75, 3.05) is 20.8 Å². The smallest absolute Gasteiger partial charge is 0.261 e. The van der Waals surface area contributed by atoms with Crippen molar-refractivity contribution in [1.82, 2.24) is 10.2 Å². The summed E-state index contributed by atoms with van der Waals surface area (Å²) in [5.41, 5.74) is 2.06. The summed E-state index contributed by atoms with van der Waals surface area (Å²) >= 11 is 0. The van der Waals surface area contributed by atoms with E-state index in [4.69, 9.17) is 9.47 Å². The molecule has 0 saturated carbocycles. The number of nitrogens with one attached hydrogen (secondary N) is 1. The van der Waals surface area contributed by atoms with E-state index in [-0.39, 0.29) is 18.4 Å². The molecule has 0 radical (unpaired) electrons. The van der Waals surface area contributed by atoms with Crippen molar-refractivity contribution < 1.29 is 19.1 Å². The van der Waals surface area contributed by atoms with E-state index >= 15 is 0 Å². The van der Waals surface area contributed by atoms with Gasteiger partial charge in [-0.15, -0.1) is 0 Å². The number of nitrogens with zero attached hydrogens (tertiary/aromatic N) is 1. The summed E-state index contributed by atoms with van der Waals surface area (Å²) < 4.78 is 10.7. The molecule has 0 aliphatic heterocycles. The Labute approximate surface area is 160 Å². The van der Waals surface area contributed by atoms with Gasteiger partial charge in [0.05, 0.1) is 7.11 Å². The number of methoxy groups -OCH3 is 1. The standard InChI is InChI=1S/C21H26N2O4/c1-15-6-5-7-17(12-15)13-23(16(2)21(25)22-3)20(24)14-27-19-10-8-18(26-4)9-11-19/h5-12,16H,13-14H2,1-4H3,(H,22,25)/t16-/m1/s1. The second-order valence-corrected chi connectivity index (χ2v) is 6.27. The van der Waals surface area contributed by atoms with E-state index in [0.29, 0.717) is 18.0 Å². The molecule has 0 saturated heterocycles. The summed E-state index contributed by atoms with van der Waals surface area (Å²) in [6.45, 7) is 3.88. The first-order valence-electron chi connectivity index (χ1n) is 8.78. The molecular weight excluding hydrogens is 344 g/mol. The highest BCUT2D eigenvalue weighted by Crippen LogP contribution is 2.17. The third-order valence-corrected chi connectivity index (χ3v) is 4.27. The van der Waals surface area contributed by atoms with Gasteiger partial charge in [-0.2, -0.15) is 0 Å². The average molecular weight is 370 g/mol. The number of likely N-dealkylation sites (N-methyl/N-ethyl adjacent to an activating group) is 1. The molecule has 0 bridgehead atoms. The Kier molecular flexibility index (Phi) is 7.23. The largest absolute Gasteiger partial charge is 0.497 e. The first-order valence-corrected chi connectivity index (χ1v) is 8.78. The van der Waals surface area contributed by atoms with Crippen LogP contribution < -0.4 is 14.8 Å². The van der Waals surface area contributed by atoms with Crippen LogP contribution in [0, 0.1) is 6.92 Å². The van der Waals surface area contributed by atoms with Gasteiger partial charge in [0.1, 0.15) is 17.5 Å². The van der Waals surface area contributed by atoms with E-state index in [0.717, 1.165) is 11.1 Å². The monoisotopic (exact) mass is 370 g/mol. The third-order valence-electron chi connectivity index (χ3n) is 4.27. The SMILES string of the molecule is CNC(=O)[C@@H](C)N(Cc1cccc(C)c1)C(=O)COc1ccc(OC)cc1. The van der Waals surface area contributed by atoms with E-state index in [2.05, 4.69) is 5.32 Å². The van der Waals surface area contributed by atoms with Crippen LogP contribution in [0.15, 0.2) is 48.5 Å². The minimum absolute atomic E-state index is 0.153. The van der Waals surface area contributed by atoms with Crippen LogP contribution in [0.1, 0.15) is 18.1 Å². The number of carbonyl (C=O) groups excluding carboxylic acids is 2. The number of benzene rings is 2. The fraction of sp³-hybridized carbons (Fsp3) is 0.333. The van der Waals surface area contributed by atoms with Crippen molar-refractivity contribution in [2.45, 2.75) is 26.4 Å². The third kappa shape index (κ3) is 5.74. The van der Waals surface area contributed by atoms with Crippen LogP contribution in [-0.2, 0) is 16.1 Å². The van der Waals surface area contributed by atoms with Crippen LogP contribution in [-0.4, -0.2) is 43.5 Å². The Hall–Kier alpha value is -3.02. The van der Waals surface area contributed by atoms with Crippen molar-refractivity contribution in [3.63, 3.8) is 0 Å². The van der Waals surface area contributed by atoms with Crippen LogP contribution in [0.25, 0.3) is 0 Å². The predicted molar refractivity (Wildman–Crippen MR) is 104 cm³/mol. The minimum atomic E-state index is -0.609. The van der Waals surface area contributed by atoms with Gasteiger partial charge >= 0.3 is 0 Å². The molecule has 6 nitrogen and oxygen atoms in total. The maximum Gasteiger partial charge on any atom is 0.261 e. The number of amides is 2. The van der Waals surface area contributed by atoms with Crippen molar-refractivity contribution in [2.24, 2.45) is 0 Å². The van der Waals surface area contributed by atoms with Crippen LogP contribution in [0.4, 0.5) is 0 Å². The number of carbonyl (C=O) groups is 2. The second kappa shape index (κ2) is 9.62. The second-order valence-electron chi connectivity index (χ2n) is 6.27. The normalized spacial score (nSPS) is 11.4. The van der Waals surface area contributed by atoms with Crippen molar-refractivity contribution >= 4 is 11.8 Å². The van der Waals surface area contributed by atoms with Gasteiger partial charge in [-0.25, -0.2) is 0 Å². The molecule has 27 heavy (non-hydrogen) atoms. The molecular formula is C21H26N2O4. The topological polar surface area (TPSA) is 67.9 Å². The number of hydrogen-bond acceptors (Lipinski definition) is 4. The van der Waals surface area contributed by atoms with E-state index in [1.165, 1.54) is 4.90 Å². The Bertz CT molecular complexity index is 774. The molecule has 1 atom stereocenters. The fourth-order valence-electron chi connectivity index (χ4n) is 2.70. The lowest BCUT2D eigenvalue weighted by Crippen LogP contribution is -2.48. The van der Waals surface area contributed by atoms with E-state index in [9.17, 15) is 9.59 Å². The molecule has 0 fully saturated rings. The molecule has 6 heteroatoms. The maximum atomic E-state index is 12.8. The van der Waals surface area contributed by atoms with E-state index in [1.54, 1.807) is 45.3 Å². The fourth-order valence-corrected chi connectivity index (χ4v) is 2.70. The molecule has 0 aromatic heterocycles. The highest BCUT2D eigenvalue weighted by molar-refractivity contribution is 5.87. The number of aryl methyl sites for hydroxylation is 1. The van der Waals surface area contributed by atoms with Gasteiger partial charge in [-0.1, -0.05) is 29.8 Å². The lowest BCUT2D eigenvalue weighted by atomic mass is 10.1. The Balaban J connectivity index is 2.10. The zero-order valence-corrected chi connectivity index (χ0v) is 16.2. The predicted octanol–water partition coefficient (Wildman–Crippen LogP) is 2.55. The van der Waals surface area contributed by atoms with Gasteiger partial charge in [0.2, 0.25) is 5.91 Å². The van der Waals surface area contributed by atoms with Gasteiger partial charge in [0.25, 0.3) is 5.91 Å². The molecule has 0 unspecified atom stereocenters. The Morgan fingerprint density at radius 2 is 1.78 bits per heavy atom. The highest BCUT2D eigenvalue weighted by atomic mass is 16.5. The summed E-state index contributed by atoms with van der Waals surface area (Å²) in [6, 6.07) is 14.3. The van der Waals surface area contributed by atoms with Crippen molar-refractivity contribution in [3.8, 4) is 11.5 Å². The molecule has 2 amide bonds. The molecule has 1 N–H and O–H groups in total. The quantitative estimate of drug-likeness (QED) is 0.775. The zero-order valence-electron chi connectivity index (χ0n) is 16.2. The molecule has 2 aromatic carbocycles. The van der Waals surface area contributed by atoms with Gasteiger partial charge < -0.3 is 19.7 Å². The molecule has 2 rings (SSSR count). The summed E-state index contributed by atoms with van der Waals surface area (Å²) in [5.74, 6) is 0.791. The number of ether oxygens (including phenoxy) is 2. The Morgan fingerprint density at radius 1 is 1.11 bits per heavy atom. The molecule has 0 spiro atoms. The van der Waals surface area contributed by atoms with E-state index in [1.807, 2.05) is 31.2 Å². The highest BCUT2D eigenvalue weighted by Gasteiger charge is 2.25. The van der Waals surface area contributed by atoms with Crippen LogP contribution in [0.2, 0.25) is 0 Å². The molecule has 0 heterocycles. The van der Waals surface area contributed by atoms with Crippen LogP contribution in [0.3, 0.4) is 0 Å². The number of hydrogen-bond donors (Lipinski definition) is 1. The minimum Gasteiger partial charge on any atom is -0.497 e. The van der Waals surface area contributed by atoms with Crippen LogP contribution in [0.5, 0.6) is 11.5 Å². The first kappa shape index (κ1) is 20.3. The molecule has 0 aliphatic carbocycles. The van der Waals surface area contributed by atoms with Crippen molar-refractivity contribution in [1.29, 1.82) is 0 Å².